The highest BCUT2D eigenvalue weighted by atomic mass is 35.5. The number of amides is 1. The molecule has 0 unspecified atom stereocenters. The molecule has 1 aromatic heterocycles. The van der Waals surface area contributed by atoms with Crippen LogP contribution in [0.15, 0.2) is 24.3 Å². The van der Waals surface area contributed by atoms with E-state index >= 15 is 0 Å². The number of aryl methyl sites for hydroxylation is 1. The van der Waals surface area contributed by atoms with Gasteiger partial charge in [0.25, 0.3) is 5.91 Å². The van der Waals surface area contributed by atoms with Crippen molar-refractivity contribution in [1.29, 1.82) is 0 Å². The van der Waals surface area contributed by atoms with E-state index in [0.717, 1.165) is 24.0 Å². The van der Waals surface area contributed by atoms with Crippen LogP contribution < -0.4 is 0 Å². The zero-order valence-electron chi connectivity index (χ0n) is 10.9. The summed E-state index contributed by atoms with van der Waals surface area (Å²) < 4.78 is 1.90. The summed E-state index contributed by atoms with van der Waals surface area (Å²) in [6.45, 7) is 5.41. The number of carbonyl (C=O) groups is 1. The number of halogens is 1. The van der Waals surface area contributed by atoms with Gasteiger partial charge in [-0.05, 0) is 32.0 Å². The second-order valence-electron chi connectivity index (χ2n) is 4.27. The molecule has 1 heterocycles. The van der Waals surface area contributed by atoms with Gasteiger partial charge in [-0.3, -0.25) is 4.79 Å². The molecule has 0 radical (unpaired) electrons. The Bertz CT molecular complexity index is 585. The number of benzene rings is 1. The van der Waals surface area contributed by atoms with Gasteiger partial charge >= 0.3 is 0 Å². The Morgan fingerprint density at radius 3 is 2.56 bits per heavy atom. The number of hydrogen-bond donors (Lipinski definition) is 0. The van der Waals surface area contributed by atoms with E-state index in [0.29, 0.717) is 10.7 Å². The van der Waals surface area contributed by atoms with Gasteiger partial charge < -0.3 is 9.47 Å². The van der Waals surface area contributed by atoms with Gasteiger partial charge in [-0.25, -0.2) is 0 Å². The topological polar surface area (TPSA) is 25.2 Å². The van der Waals surface area contributed by atoms with Gasteiger partial charge in [0, 0.05) is 36.1 Å². The lowest BCUT2D eigenvalue weighted by molar-refractivity contribution is 0.0764. The van der Waals surface area contributed by atoms with Crippen molar-refractivity contribution in [3.8, 4) is 0 Å². The van der Waals surface area contributed by atoms with Crippen LogP contribution in [0, 0.1) is 0 Å². The smallest absolute Gasteiger partial charge is 0.270 e. The van der Waals surface area contributed by atoms with Crippen molar-refractivity contribution in [1.82, 2.24) is 9.47 Å². The molecule has 96 valence electrons. The molecule has 0 aliphatic carbocycles. The zero-order valence-corrected chi connectivity index (χ0v) is 11.7. The van der Waals surface area contributed by atoms with Gasteiger partial charge in [0.05, 0.1) is 0 Å². The quantitative estimate of drug-likeness (QED) is 0.835. The Hall–Kier alpha value is -1.48. The number of rotatable bonds is 3. The molecule has 0 saturated heterocycles. The Morgan fingerprint density at radius 1 is 1.28 bits per heavy atom. The molecule has 2 aromatic rings. The molecular formula is C14H17ClN2O. The predicted octanol–water partition coefficient (Wildman–Crippen LogP) is 3.31. The van der Waals surface area contributed by atoms with Crippen molar-refractivity contribution in [2.75, 3.05) is 13.1 Å². The summed E-state index contributed by atoms with van der Waals surface area (Å²) in [5, 5.41) is 1.72. The third-order valence-electron chi connectivity index (χ3n) is 3.28. The summed E-state index contributed by atoms with van der Waals surface area (Å²) in [5.74, 6) is 0.0647. The number of aromatic nitrogens is 1. The van der Waals surface area contributed by atoms with E-state index in [4.69, 9.17) is 11.6 Å². The monoisotopic (exact) mass is 264 g/mol. The highest BCUT2D eigenvalue weighted by molar-refractivity contribution is 6.31. The summed E-state index contributed by atoms with van der Waals surface area (Å²) in [6.07, 6.45) is 0. The Labute approximate surface area is 112 Å². The molecule has 2 rings (SSSR count). The minimum atomic E-state index is 0.0647. The van der Waals surface area contributed by atoms with Crippen molar-refractivity contribution in [3.63, 3.8) is 0 Å². The first-order chi connectivity index (χ1) is 8.58. The molecule has 1 amide bonds. The molecule has 3 nitrogen and oxygen atoms in total. The maximum atomic E-state index is 12.4. The van der Waals surface area contributed by atoms with Crippen molar-refractivity contribution in [3.05, 3.63) is 35.0 Å². The Balaban J connectivity index is 2.52. The average molecular weight is 265 g/mol. The van der Waals surface area contributed by atoms with Gasteiger partial charge in [-0.15, -0.1) is 0 Å². The molecule has 18 heavy (non-hydrogen) atoms. The fraction of sp³-hybridized carbons (Fsp3) is 0.357. The van der Waals surface area contributed by atoms with Gasteiger partial charge in [0.2, 0.25) is 0 Å². The largest absolute Gasteiger partial charge is 0.340 e. The van der Waals surface area contributed by atoms with E-state index in [1.807, 2.05) is 54.6 Å². The first-order valence-corrected chi connectivity index (χ1v) is 6.50. The number of hydrogen-bond acceptors (Lipinski definition) is 1. The van der Waals surface area contributed by atoms with Crippen molar-refractivity contribution in [2.45, 2.75) is 13.8 Å². The molecular weight excluding hydrogens is 248 g/mol. The molecule has 0 aliphatic heterocycles. The average Bonchev–Trinajstić information content (AvgIpc) is 2.68. The molecule has 0 aliphatic rings. The normalized spacial score (nSPS) is 10.9. The minimum absolute atomic E-state index is 0.0647. The minimum Gasteiger partial charge on any atom is -0.340 e. The van der Waals surface area contributed by atoms with Crippen molar-refractivity contribution >= 4 is 28.4 Å². The highest BCUT2D eigenvalue weighted by Crippen LogP contribution is 2.23. The fourth-order valence-corrected chi connectivity index (χ4v) is 2.35. The van der Waals surface area contributed by atoms with Gasteiger partial charge in [-0.2, -0.15) is 0 Å². The second-order valence-corrected chi connectivity index (χ2v) is 4.71. The number of carbonyl (C=O) groups excluding carboxylic acids is 1. The molecule has 0 bridgehead atoms. The van der Waals surface area contributed by atoms with E-state index in [9.17, 15) is 4.79 Å². The summed E-state index contributed by atoms with van der Waals surface area (Å²) >= 11 is 5.99. The zero-order chi connectivity index (χ0) is 13.3. The van der Waals surface area contributed by atoms with Crippen LogP contribution in [0.3, 0.4) is 0 Å². The molecule has 1 aromatic carbocycles. The van der Waals surface area contributed by atoms with Crippen LogP contribution >= 0.6 is 11.6 Å². The Kier molecular flexibility index (Phi) is 3.62. The van der Waals surface area contributed by atoms with Gasteiger partial charge in [0.15, 0.2) is 0 Å². The van der Waals surface area contributed by atoms with Crippen LogP contribution in [0.1, 0.15) is 24.3 Å². The summed E-state index contributed by atoms with van der Waals surface area (Å²) in [7, 11) is 1.90. The second kappa shape index (κ2) is 5.02. The van der Waals surface area contributed by atoms with E-state index in [1.54, 1.807) is 0 Å². The van der Waals surface area contributed by atoms with Crippen LogP contribution in [0.25, 0.3) is 10.9 Å². The summed E-state index contributed by atoms with van der Waals surface area (Å²) in [4.78, 5) is 14.2. The third kappa shape index (κ3) is 2.10. The number of fused-ring (bicyclic) bond motifs is 1. The first kappa shape index (κ1) is 13.0. The highest BCUT2D eigenvalue weighted by Gasteiger charge is 2.17. The Morgan fingerprint density at radius 2 is 1.94 bits per heavy atom. The lowest BCUT2D eigenvalue weighted by Crippen LogP contribution is -2.31. The van der Waals surface area contributed by atoms with Crippen molar-refractivity contribution < 1.29 is 4.79 Å². The van der Waals surface area contributed by atoms with E-state index < -0.39 is 0 Å². The SMILES string of the molecule is CCN(CC)C(=O)c1cc2ccc(Cl)cc2n1C. The fourth-order valence-electron chi connectivity index (χ4n) is 2.18. The van der Waals surface area contributed by atoms with Crippen LogP contribution in [-0.4, -0.2) is 28.5 Å². The molecule has 0 fully saturated rings. The lowest BCUT2D eigenvalue weighted by atomic mass is 10.2. The molecule has 0 N–H and O–H groups in total. The molecule has 4 heteroatoms. The van der Waals surface area contributed by atoms with Crippen LogP contribution in [-0.2, 0) is 7.05 Å². The molecule has 0 atom stereocenters. The van der Waals surface area contributed by atoms with Crippen molar-refractivity contribution in [2.24, 2.45) is 7.05 Å². The maximum absolute atomic E-state index is 12.4. The molecule has 0 saturated carbocycles. The maximum Gasteiger partial charge on any atom is 0.270 e. The lowest BCUT2D eigenvalue weighted by Gasteiger charge is -2.18. The molecule has 0 spiro atoms. The summed E-state index contributed by atoms with van der Waals surface area (Å²) in [5.41, 5.74) is 1.69. The van der Waals surface area contributed by atoms with E-state index in [1.165, 1.54) is 0 Å². The standard InChI is InChI=1S/C14H17ClN2O/c1-4-17(5-2)14(18)13-8-10-6-7-11(15)9-12(10)16(13)3/h6-9H,4-5H2,1-3H3. The van der Waals surface area contributed by atoms with E-state index in [2.05, 4.69) is 0 Å². The van der Waals surface area contributed by atoms with Gasteiger partial charge in [-0.1, -0.05) is 17.7 Å². The first-order valence-electron chi connectivity index (χ1n) is 6.12. The van der Waals surface area contributed by atoms with E-state index in [-0.39, 0.29) is 5.91 Å². The van der Waals surface area contributed by atoms with Gasteiger partial charge in [0.1, 0.15) is 5.69 Å². The van der Waals surface area contributed by atoms with Crippen LogP contribution in [0.2, 0.25) is 5.02 Å². The summed E-state index contributed by atoms with van der Waals surface area (Å²) in [6, 6.07) is 7.59. The third-order valence-corrected chi connectivity index (χ3v) is 3.51. The predicted molar refractivity (Wildman–Crippen MR) is 75.2 cm³/mol. The number of nitrogens with zero attached hydrogens (tertiary/aromatic N) is 2. The van der Waals surface area contributed by atoms with Crippen LogP contribution in [0.4, 0.5) is 0 Å². The van der Waals surface area contributed by atoms with Crippen LogP contribution in [0.5, 0.6) is 0 Å².